The molecule has 3 unspecified atom stereocenters. The van der Waals surface area contributed by atoms with Gasteiger partial charge in [0.25, 0.3) is 0 Å². The smallest absolute Gasteiger partial charge is 0.0229 e. The van der Waals surface area contributed by atoms with E-state index in [1.54, 1.807) is 11.9 Å². The Hall–Kier alpha value is 0.310. The molecule has 0 amide bonds. The van der Waals surface area contributed by atoms with E-state index in [4.69, 9.17) is 5.14 Å². The zero-order chi connectivity index (χ0) is 8.98. The molecule has 2 N–H and O–H groups in total. The molecule has 70 valence electrons. The van der Waals surface area contributed by atoms with Crippen LogP contribution in [0.25, 0.3) is 0 Å². The summed E-state index contributed by atoms with van der Waals surface area (Å²) < 4.78 is 0. The zero-order valence-electron chi connectivity index (χ0n) is 8.26. The van der Waals surface area contributed by atoms with Crippen molar-refractivity contribution in [2.75, 3.05) is 0 Å². The van der Waals surface area contributed by atoms with E-state index in [0.717, 1.165) is 11.2 Å². The second-order valence-corrected chi connectivity index (χ2v) is 6.18. The molecule has 2 heteroatoms. The van der Waals surface area contributed by atoms with Gasteiger partial charge in [0.15, 0.2) is 0 Å². The lowest BCUT2D eigenvalue weighted by Gasteiger charge is -2.34. The second kappa shape index (κ2) is 2.42. The zero-order valence-corrected chi connectivity index (χ0v) is 9.08. The molecule has 3 atom stereocenters. The van der Waals surface area contributed by atoms with Crippen molar-refractivity contribution in [3.05, 3.63) is 0 Å². The van der Waals surface area contributed by atoms with Crippen molar-refractivity contribution in [1.29, 1.82) is 0 Å². The van der Waals surface area contributed by atoms with Crippen molar-refractivity contribution in [2.24, 2.45) is 21.9 Å². The molecule has 1 nitrogen and oxygen atoms in total. The van der Waals surface area contributed by atoms with E-state index in [0.29, 0.717) is 10.8 Å². The highest BCUT2D eigenvalue weighted by Gasteiger charge is 2.60. The molecule has 2 bridgehead atoms. The molecule has 0 heterocycles. The van der Waals surface area contributed by atoms with Gasteiger partial charge >= 0.3 is 0 Å². The lowest BCUT2D eigenvalue weighted by Crippen LogP contribution is -2.26. The van der Waals surface area contributed by atoms with Crippen LogP contribution in [0.1, 0.15) is 40.0 Å². The SMILES string of the molecule is CC12CCC(C(SN)C1)C2(C)C. The van der Waals surface area contributed by atoms with Crippen LogP contribution >= 0.6 is 11.9 Å². The molecule has 12 heavy (non-hydrogen) atoms. The van der Waals surface area contributed by atoms with Crippen LogP contribution in [-0.2, 0) is 0 Å². The third-order valence-electron chi connectivity index (χ3n) is 4.76. The van der Waals surface area contributed by atoms with Gasteiger partial charge in [-0.2, -0.15) is 0 Å². The first kappa shape index (κ1) is 8.89. The van der Waals surface area contributed by atoms with Crippen molar-refractivity contribution in [2.45, 2.75) is 45.3 Å². The molecule has 0 aromatic rings. The molecular weight excluding hydrogens is 166 g/mol. The summed E-state index contributed by atoms with van der Waals surface area (Å²) >= 11 is 1.60. The number of hydrogen-bond donors (Lipinski definition) is 1. The highest BCUT2D eigenvalue weighted by atomic mass is 32.2. The molecule has 2 saturated carbocycles. The van der Waals surface area contributed by atoms with Crippen LogP contribution in [-0.4, -0.2) is 5.25 Å². The summed E-state index contributed by atoms with van der Waals surface area (Å²) in [7, 11) is 0. The Kier molecular flexibility index (Phi) is 1.79. The van der Waals surface area contributed by atoms with E-state index in [1.807, 2.05) is 0 Å². The first-order chi connectivity index (χ1) is 5.51. The molecule has 0 aromatic heterocycles. The fourth-order valence-corrected chi connectivity index (χ4v) is 4.48. The van der Waals surface area contributed by atoms with Gasteiger partial charge in [-0.25, -0.2) is 0 Å². The lowest BCUT2D eigenvalue weighted by molar-refractivity contribution is 0.152. The Labute approximate surface area is 79.6 Å². The topological polar surface area (TPSA) is 26.0 Å². The Balaban J connectivity index is 2.30. The number of fused-ring (bicyclic) bond motifs is 2. The molecule has 0 radical (unpaired) electrons. The molecule has 2 aliphatic rings. The summed E-state index contributed by atoms with van der Waals surface area (Å²) in [6, 6.07) is 0. The minimum atomic E-state index is 0.532. The maximum absolute atomic E-state index is 5.72. The van der Waals surface area contributed by atoms with Crippen molar-refractivity contribution >= 4 is 11.9 Å². The van der Waals surface area contributed by atoms with E-state index in [1.165, 1.54) is 19.3 Å². The van der Waals surface area contributed by atoms with Crippen LogP contribution in [0.2, 0.25) is 0 Å². The van der Waals surface area contributed by atoms with Gasteiger partial charge in [-0.1, -0.05) is 32.7 Å². The fourth-order valence-electron chi connectivity index (χ4n) is 3.35. The van der Waals surface area contributed by atoms with Gasteiger partial charge in [-0.3, -0.25) is 5.14 Å². The summed E-state index contributed by atoms with van der Waals surface area (Å²) in [6.45, 7) is 7.31. The van der Waals surface area contributed by atoms with Crippen molar-refractivity contribution in [3.63, 3.8) is 0 Å². The van der Waals surface area contributed by atoms with E-state index < -0.39 is 0 Å². The first-order valence-electron chi connectivity index (χ1n) is 4.87. The van der Waals surface area contributed by atoms with Crippen LogP contribution in [0.4, 0.5) is 0 Å². The van der Waals surface area contributed by atoms with Gasteiger partial charge in [0, 0.05) is 5.25 Å². The van der Waals surface area contributed by atoms with Gasteiger partial charge < -0.3 is 0 Å². The first-order valence-corrected chi connectivity index (χ1v) is 5.81. The molecule has 0 saturated heterocycles. The van der Waals surface area contributed by atoms with Crippen molar-refractivity contribution < 1.29 is 0 Å². The summed E-state index contributed by atoms with van der Waals surface area (Å²) in [5.74, 6) is 0.873. The summed E-state index contributed by atoms with van der Waals surface area (Å²) in [5, 5.41) is 6.45. The fraction of sp³-hybridized carbons (Fsp3) is 1.00. The third-order valence-corrected chi connectivity index (χ3v) is 5.61. The third kappa shape index (κ3) is 0.856. The molecule has 2 fully saturated rings. The predicted molar refractivity (Wildman–Crippen MR) is 54.8 cm³/mol. The minimum Gasteiger partial charge on any atom is -0.278 e. The standard InChI is InChI=1S/C10H19NS/c1-9(2)7-4-5-10(9,3)6-8(7)12-11/h7-8H,4-6,11H2,1-3H3. The Morgan fingerprint density at radius 2 is 2.00 bits per heavy atom. The monoisotopic (exact) mass is 185 g/mol. The van der Waals surface area contributed by atoms with Crippen molar-refractivity contribution in [3.8, 4) is 0 Å². The normalized spacial score (nSPS) is 50.0. The lowest BCUT2D eigenvalue weighted by atomic mass is 9.71. The Morgan fingerprint density at radius 1 is 1.33 bits per heavy atom. The van der Waals surface area contributed by atoms with Crippen LogP contribution in [0.5, 0.6) is 0 Å². The van der Waals surface area contributed by atoms with E-state index >= 15 is 0 Å². The van der Waals surface area contributed by atoms with E-state index in [2.05, 4.69) is 20.8 Å². The maximum atomic E-state index is 5.72. The summed E-state index contributed by atoms with van der Waals surface area (Å²) in [5.41, 5.74) is 1.11. The molecular formula is C10H19NS. The summed E-state index contributed by atoms with van der Waals surface area (Å²) in [4.78, 5) is 0. The van der Waals surface area contributed by atoms with Gasteiger partial charge in [0.1, 0.15) is 0 Å². The highest BCUT2D eigenvalue weighted by molar-refractivity contribution is 7.97. The van der Waals surface area contributed by atoms with Gasteiger partial charge in [0.05, 0.1) is 0 Å². The Morgan fingerprint density at radius 3 is 2.25 bits per heavy atom. The highest BCUT2D eigenvalue weighted by Crippen LogP contribution is 2.67. The van der Waals surface area contributed by atoms with Gasteiger partial charge in [0.2, 0.25) is 0 Å². The van der Waals surface area contributed by atoms with Gasteiger partial charge in [-0.05, 0) is 36.0 Å². The summed E-state index contributed by atoms with van der Waals surface area (Å²) in [6.07, 6.45) is 4.16. The number of nitrogens with two attached hydrogens (primary N) is 1. The predicted octanol–water partition coefficient (Wildman–Crippen LogP) is 2.81. The molecule has 0 spiro atoms. The van der Waals surface area contributed by atoms with Gasteiger partial charge in [-0.15, -0.1) is 0 Å². The molecule has 2 aliphatic carbocycles. The van der Waals surface area contributed by atoms with Crippen LogP contribution in [0, 0.1) is 16.7 Å². The molecule has 0 aromatic carbocycles. The largest absolute Gasteiger partial charge is 0.278 e. The van der Waals surface area contributed by atoms with E-state index in [9.17, 15) is 0 Å². The average molecular weight is 185 g/mol. The minimum absolute atomic E-state index is 0.532. The average Bonchev–Trinajstić information content (AvgIpc) is 2.33. The van der Waals surface area contributed by atoms with Crippen LogP contribution in [0.3, 0.4) is 0 Å². The molecule has 0 aliphatic heterocycles. The Bertz CT molecular complexity index is 199. The van der Waals surface area contributed by atoms with Crippen LogP contribution in [0.15, 0.2) is 0 Å². The number of hydrogen-bond acceptors (Lipinski definition) is 2. The van der Waals surface area contributed by atoms with E-state index in [-0.39, 0.29) is 0 Å². The quantitative estimate of drug-likeness (QED) is 0.636. The maximum Gasteiger partial charge on any atom is 0.0229 e. The number of rotatable bonds is 1. The molecule has 2 rings (SSSR count). The second-order valence-electron chi connectivity index (χ2n) is 5.31. The van der Waals surface area contributed by atoms with Crippen molar-refractivity contribution in [1.82, 2.24) is 0 Å². The van der Waals surface area contributed by atoms with Crippen LogP contribution < -0.4 is 5.14 Å².